The second-order valence-electron chi connectivity index (χ2n) is 5.87. The van der Waals surface area contributed by atoms with E-state index in [9.17, 15) is 13.9 Å². The first kappa shape index (κ1) is 14.2. The van der Waals surface area contributed by atoms with Gasteiger partial charge >= 0.3 is 0 Å². The molecule has 0 heterocycles. The Labute approximate surface area is 123 Å². The third kappa shape index (κ3) is 2.70. The van der Waals surface area contributed by atoms with Crippen LogP contribution in [0, 0.1) is 11.6 Å². The van der Waals surface area contributed by atoms with Crippen molar-refractivity contribution in [2.24, 2.45) is 0 Å². The molecule has 1 aliphatic rings. The molecule has 1 saturated carbocycles. The van der Waals surface area contributed by atoms with Crippen molar-refractivity contribution in [1.29, 1.82) is 0 Å². The zero-order valence-corrected chi connectivity index (χ0v) is 11.7. The molecule has 3 heteroatoms. The highest BCUT2D eigenvalue weighted by Crippen LogP contribution is 2.47. The van der Waals surface area contributed by atoms with Gasteiger partial charge in [-0.25, -0.2) is 8.78 Å². The van der Waals surface area contributed by atoms with Gasteiger partial charge in [-0.05, 0) is 42.5 Å². The van der Waals surface area contributed by atoms with E-state index in [4.69, 9.17) is 0 Å². The molecule has 21 heavy (non-hydrogen) atoms. The second kappa shape index (κ2) is 5.57. The van der Waals surface area contributed by atoms with Crippen molar-refractivity contribution in [3.8, 4) is 0 Å². The Morgan fingerprint density at radius 3 is 2.14 bits per heavy atom. The summed E-state index contributed by atoms with van der Waals surface area (Å²) in [5.41, 5.74) is 1.34. The fraction of sp³-hybridized carbons (Fsp3) is 0.333. The van der Waals surface area contributed by atoms with Gasteiger partial charge in [0.2, 0.25) is 0 Å². The summed E-state index contributed by atoms with van der Waals surface area (Å²) in [4.78, 5) is 0. The number of benzene rings is 2. The zero-order chi connectivity index (χ0) is 14.9. The molecule has 1 aliphatic carbocycles. The highest BCUT2D eigenvalue weighted by Gasteiger charge is 2.44. The van der Waals surface area contributed by atoms with Gasteiger partial charge in [0.25, 0.3) is 0 Å². The minimum Gasteiger partial charge on any atom is -0.392 e. The Morgan fingerprint density at radius 2 is 1.62 bits per heavy atom. The molecule has 0 aromatic heterocycles. The van der Waals surface area contributed by atoms with Crippen molar-refractivity contribution in [3.05, 3.63) is 71.3 Å². The predicted octanol–water partition coefficient (Wildman–Crippen LogP) is 3.99. The van der Waals surface area contributed by atoms with Crippen molar-refractivity contribution in [2.45, 2.75) is 37.2 Å². The lowest BCUT2D eigenvalue weighted by atomic mass is 9.60. The zero-order valence-electron chi connectivity index (χ0n) is 11.7. The Hall–Kier alpha value is -1.74. The third-order valence-electron chi connectivity index (χ3n) is 4.58. The van der Waals surface area contributed by atoms with Crippen LogP contribution in [0.3, 0.4) is 0 Å². The van der Waals surface area contributed by atoms with Gasteiger partial charge in [-0.1, -0.05) is 36.8 Å². The van der Waals surface area contributed by atoms with E-state index in [1.54, 1.807) is 0 Å². The van der Waals surface area contributed by atoms with Crippen molar-refractivity contribution in [3.63, 3.8) is 0 Å². The summed E-state index contributed by atoms with van der Waals surface area (Å²) in [6, 6.07) is 13.4. The van der Waals surface area contributed by atoms with E-state index < -0.39 is 17.7 Å². The monoisotopic (exact) mass is 288 g/mol. The average Bonchev–Trinajstić information content (AvgIpc) is 2.37. The highest BCUT2D eigenvalue weighted by molar-refractivity contribution is 5.31. The van der Waals surface area contributed by atoms with Crippen molar-refractivity contribution < 1.29 is 13.9 Å². The molecule has 0 radical (unpaired) electrons. The van der Waals surface area contributed by atoms with E-state index in [-0.39, 0.29) is 11.8 Å². The first-order valence-corrected chi connectivity index (χ1v) is 7.29. The van der Waals surface area contributed by atoms with Gasteiger partial charge in [0.05, 0.1) is 6.10 Å². The van der Waals surface area contributed by atoms with Crippen LogP contribution in [0.5, 0.6) is 0 Å². The van der Waals surface area contributed by atoms with Crippen LogP contribution in [0.15, 0.2) is 48.5 Å². The van der Waals surface area contributed by atoms with Gasteiger partial charge in [-0.2, -0.15) is 0 Å². The largest absolute Gasteiger partial charge is 0.392 e. The molecule has 110 valence electrons. The molecular weight excluding hydrogens is 270 g/mol. The first-order chi connectivity index (χ1) is 10.1. The quantitative estimate of drug-likeness (QED) is 0.902. The van der Waals surface area contributed by atoms with E-state index in [1.165, 1.54) is 12.1 Å². The number of hydrogen-bond donors (Lipinski definition) is 1. The van der Waals surface area contributed by atoms with Crippen molar-refractivity contribution in [2.75, 3.05) is 0 Å². The van der Waals surface area contributed by atoms with E-state index in [0.29, 0.717) is 5.56 Å². The number of rotatable bonds is 4. The van der Waals surface area contributed by atoms with Gasteiger partial charge < -0.3 is 5.11 Å². The minimum atomic E-state index is -0.630. The molecule has 1 unspecified atom stereocenters. The topological polar surface area (TPSA) is 20.2 Å². The maximum atomic E-state index is 13.3. The average molecular weight is 288 g/mol. The molecule has 1 atom stereocenters. The second-order valence-corrected chi connectivity index (χ2v) is 5.87. The number of aliphatic hydroxyl groups excluding tert-OH is 1. The maximum absolute atomic E-state index is 13.3. The van der Waals surface area contributed by atoms with Gasteiger partial charge in [0.1, 0.15) is 11.6 Å². The molecule has 2 aromatic carbocycles. The van der Waals surface area contributed by atoms with Crippen LogP contribution in [0.25, 0.3) is 0 Å². The van der Waals surface area contributed by atoms with Crippen LogP contribution in [-0.4, -0.2) is 11.2 Å². The van der Waals surface area contributed by atoms with E-state index >= 15 is 0 Å². The molecule has 0 amide bonds. The summed E-state index contributed by atoms with van der Waals surface area (Å²) in [5, 5.41) is 10.7. The van der Waals surface area contributed by atoms with Gasteiger partial charge in [-0.15, -0.1) is 0 Å². The molecule has 1 N–H and O–H groups in total. The van der Waals surface area contributed by atoms with E-state index in [1.807, 2.05) is 30.3 Å². The SMILES string of the molecule is OC(Cc1cc(F)cc(F)c1)C1(c2ccccc2)CCC1. The molecule has 0 aliphatic heterocycles. The van der Waals surface area contributed by atoms with E-state index in [0.717, 1.165) is 30.9 Å². The van der Waals surface area contributed by atoms with E-state index in [2.05, 4.69) is 0 Å². The predicted molar refractivity (Wildman–Crippen MR) is 78.0 cm³/mol. The lowest BCUT2D eigenvalue weighted by molar-refractivity contribution is 0.0285. The van der Waals surface area contributed by atoms with Crippen LogP contribution in [0.4, 0.5) is 8.78 Å². The van der Waals surface area contributed by atoms with Crippen LogP contribution in [0.2, 0.25) is 0 Å². The minimum absolute atomic E-state index is 0.267. The lowest BCUT2D eigenvalue weighted by Gasteiger charge is -2.46. The summed E-state index contributed by atoms with van der Waals surface area (Å²) in [7, 11) is 0. The number of halogens is 2. The summed E-state index contributed by atoms with van der Waals surface area (Å²) < 4.78 is 26.5. The Morgan fingerprint density at radius 1 is 1.00 bits per heavy atom. The standard InChI is InChI=1S/C18H18F2O/c19-15-9-13(10-16(20)12-15)11-17(21)18(7-4-8-18)14-5-2-1-3-6-14/h1-3,5-6,9-10,12,17,21H,4,7-8,11H2. The van der Waals surface area contributed by atoms with Gasteiger partial charge in [-0.3, -0.25) is 0 Å². The van der Waals surface area contributed by atoms with Gasteiger partial charge in [0.15, 0.2) is 0 Å². The summed E-state index contributed by atoms with van der Waals surface area (Å²) in [6.07, 6.45) is 2.54. The Kier molecular flexibility index (Phi) is 3.77. The lowest BCUT2D eigenvalue weighted by Crippen LogP contribution is -2.46. The fourth-order valence-corrected chi connectivity index (χ4v) is 3.29. The molecule has 0 spiro atoms. The summed E-state index contributed by atoms with van der Waals surface area (Å²) in [6.45, 7) is 0. The molecule has 3 rings (SSSR count). The normalized spacial score (nSPS) is 18.0. The highest BCUT2D eigenvalue weighted by atomic mass is 19.1. The van der Waals surface area contributed by atoms with Gasteiger partial charge in [0, 0.05) is 11.5 Å². The summed E-state index contributed by atoms with van der Waals surface area (Å²) in [5.74, 6) is -1.20. The van der Waals surface area contributed by atoms with Crippen LogP contribution >= 0.6 is 0 Å². The Bertz CT molecular complexity index is 600. The third-order valence-corrected chi connectivity index (χ3v) is 4.58. The Balaban J connectivity index is 1.85. The molecule has 1 nitrogen and oxygen atoms in total. The smallest absolute Gasteiger partial charge is 0.126 e. The fourth-order valence-electron chi connectivity index (χ4n) is 3.29. The maximum Gasteiger partial charge on any atom is 0.126 e. The van der Waals surface area contributed by atoms with Crippen LogP contribution in [-0.2, 0) is 11.8 Å². The molecule has 2 aromatic rings. The van der Waals surface area contributed by atoms with Crippen LogP contribution in [0.1, 0.15) is 30.4 Å². The van der Waals surface area contributed by atoms with Crippen molar-refractivity contribution in [1.82, 2.24) is 0 Å². The first-order valence-electron chi connectivity index (χ1n) is 7.29. The molecule has 1 fully saturated rings. The molecule has 0 bridgehead atoms. The molecular formula is C18H18F2O. The van der Waals surface area contributed by atoms with Crippen LogP contribution < -0.4 is 0 Å². The summed E-state index contributed by atoms with van der Waals surface area (Å²) >= 11 is 0. The van der Waals surface area contributed by atoms with Crippen molar-refractivity contribution >= 4 is 0 Å². The number of aliphatic hydroxyl groups is 1. The molecule has 0 saturated heterocycles. The number of hydrogen-bond acceptors (Lipinski definition) is 1.